The molecule has 4 heteroatoms. The first-order valence-electron chi connectivity index (χ1n) is 6.15. The quantitative estimate of drug-likeness (QED) is 0.858. The van der Waals surface area contributed by atoms with Gasteiger partial charge < -0.3 is 15.6 Å². The fourth-order valence-electron chi connectivity index (χ4n) is 2.61. The van der Waals surface area contributed by atoms with Crippen LogP contribution < -0.4 is 10.5 Å². The van der Waals surface area contributed by atoms with Crippen molar-refractivity contribution in [2.75, 3.05) is 7.11 Å². The molecule has 1 aliphatic carbocycles. The van der Waals surface area contributed by atoms with Gasteiger partial charge in [0.1, 0.15) is 5.75 Å². The van der Waals surface area contributed by atoms with Gasteiger partial charge in [-0.2, -0.15) is 0 Å². The first kappa shape index (κ1) is 12.9. The molecule has 1 aromatic carbocycles. The first-order valence-corrected chi connectivity index (χ1v) is 6.15. The van der Waals surface area contributed by atoms with Crippen LogP contribution in [0, 0.1) is 12.3 Å². The number of methoxy groups -OCH3 is 1. The molecular formula is C14H19NO3. The number of carboxylic acids is 1. The molecule has 18 heavy (non-hydrogen) atoms. The molecule has 0 heterocycles. The zero-order valence-corrected chi connectivity index (χ0v) is 10.8. The summed E-state index contributed by atoms with van der Waals surface area (Å²) in [6.45, 7) is 1.96. The summed E-state index contributed by atoms with van der Waals surface area (Å²) >= 11 is 0. The van der Waals surface area contributed by atoms with E-state index in [4.69, 9.17) is 10.5 Å². The topological polar surface area (TPSA) is 72.5 Å². The lowest BCUT2D eigenvalue weighted by molar-refractivity contribution is -0.156. The van der Waals surface area contributed by atoms with E-state index >= 15 is 0 Å². The largest absolute Gasteiger partial charge is 0.496 e. The van der Waals surface area contributed by atoms with E-state index in [9.17, 15) is 9.90 Å². The van der Waals surface area contributed by atoms with Crippen molar-refractivity contribution in [2.45, 2.75) is 32.2 Å². The molecule has 1 atom stereocenters. The number of hydrogen-bond acceptors (Lipinski definition) is 3. The van der Waals surface area contributed by atoms with Gasteiger partial charge in [-0.1, -0.05) is 24.1 Å². The minimum absolute atomic E-state index is 0.515. The van der Waals surface area contributed by atoms with Crippen molar-refractivity contribution in [1.82, 2.24) is 0 Å². The van der Waals surface area contributed by atoms with E-state index in [0.29, 0.717) is 18.6 Å². The number of hydrogen-bond donors (Lipinski definition) is 2. The van der Waals surface area contributed by atoms with E-state index < -0.39 is 17.4 Å². The van der Waals surface area contributed by atoms with E-state index in [0.717, 1.165) is 17.5 Å². The summed E-state index contributed by atoms with van der Waals surface area (Å²) in [5, 5.41) is 9.43. The summed E-state index contributed by atoms with van der Waals surface area (Å²) in [6.07, 6.45) is 2.20. The number of aryl methyl sites for hydroxylation is 1. The highest BCUT2D eigenvalue weighted by Crippen LogP contribution is 2.50. The molecule has 0 saturated heterocycles. The molecule has 0 spiro atoms. The Labute approximate surface area is 107 Å². The van der Waals surface area contributed by atoms with Crippen molar-refractivity contribution in [2.24, 2.45) is 11.1 Å². The van der Waals surface area contributed by atoms with Crippen molar-refractivity contribution in [3.63, 3.8) is 0 Å². The maximum atomic E-state index is 11.5. The maximum absolute atomic E-state index is 11.5. The Morgan fingerprint density at radius 2 is 2.17 bits per heavy atom. The highest BCUT2D eigenvalue weighted by molar-refractivity contribution is 5.77. The zero-order valence-electron chi connectivity index (χ0n) is 10.8. The zero-order chi connectivity index (χ0) is 13.3. The van der Waals surface area contributed by atoms with E-state index in [1.165, 1.54) is 0 Å². The summed E-state index contributed by atoms with van der Waals surface area (Å²) < 4.78 is 5.29. The Kier molecular flexibility index (Phi) is 3.30. The maximum Gasteiger partial charge on any atom is 0.311 e. The molecule has 1 aromatic rings. The van der Waals surface area contributed by atoms with Crippen LogP contribution in [0.3, 0.4) is 0 Å². The number of rotatable bonds is 4. The molecule has 0 radical (unpaired) electrons. The molecule has 1 aliphatic rings. The number of aliphatic carboxylic acids is 1. The lowest BCUT2D eigenvalue weighted by atomic mass is 9.62. The van der Waals surface area contributed by atoms with E-state index in [1.807, 2.05) is 25.1 Å². The summed E-state index contributed by atoms with van der Waals surface area (Å²) in [5.41, 5.74) is 7.25. The van der Waals surface area contributed by atoms with Gasteiger partial charge in [0, 0.05) is 11.6 Å². The second-order valence-corrected chi connectivity index (χ2v) is 5.04. The van der Waals surface area contributed by atoms with E-state index in [2.05, 4.69) is 0 Å². The first-order chi connectivity index (χ1) is 8.51. The molecule has 0 bridgehead atoms. The number of benzene rings is 1. The number of carboxylic acid groups (broad SMARTS) is 1. The molecule has 0 aliphatic heterocycles. The molecule has 98 valence electrons. The SMILES string of the molecule is COc1ccc(C)cc1C(N)C1(C(=O)O)CCC1. The fourth-order valence-corrected chi connectivity index (χ4v) is 2.61. The lowest BCUT2D eigenvalue weighted by Crippen LogP contribution is -2.46. The van der Waals surface area contributed by atoms with Gasteiger partial charge in [0.25, 0.3) is 0 Å². The van der Waals surface area contributed by atoms with Crippen LogP contribution in [0.5, 0.6) is 5.75 Å². The highest BCUT2D eigenvalue weighted by atomic mass is 16.5. The number of ether oxygens (including phenoxy) is 1. The Morgan fingerprint density at radius 1 is 1.50 bits per heavy atom. The molecular weight excluding hydrogens is 230 g/mol. The predicted octanol–water partition coefficient (Wildman–Crippen LogP) is 2.26. The molecule has 1 unspecified atom stereocenters. The van der Waals surface area contributed by atoms with E-state index in [1.54, 1.807) is 7.11 Å². The van der Waals surface area contributed by atoms with Crippen LogP contribution in [-0.2, 0) is 4.79 Å². The van der Waals surface area contributed by atoms with Crippen molar-refractivity contribution in [1.29, 1.82) is 0 Å². The minimum Gasteiger partial charge on any atom is -0.496 e. The van der Waals surface area contributed by atoms with Crippen molar-refractivity contribution < 1.29 is 14.6 Å². The molecule has 0 aromatic heterocycles. The highest BCUT2D eigenvalue weighted by Gasteiger charge is 2.50. The Morgan fingerprint density at radius 3 is 2.61 bits per heavy atom. The second-order valence-electron chi connectivity index (χ2n) is 5.04. The standard InChI is InChI=1S/C14H19NO3/c1-9-4-5-11(18-2)10(8-9)12(15)14(13(16)17)6-3-7-14/h4-5,8,12H,3,6-7,15H2,1-2H3,(H,16,17). The van der Waals surface area contributed by atoms with Crippen LogP contribution in [0.25, 0.3) is 0 Å². The van der Waals surface area contributed by atoms with Gasteiger partial charge in [0.2, 0.25) is 0 Å². The van der Waals surface area contributed by atoms with Crippen molar-refractivity contribution in [3.8, 4) is 5.75 Å². The Bertz CT molecular complexity index is 466. The van der Waals surface area contributed by atoms with Gasteiger partial charge in [-0.25, -0.2) is 0 Å². The Hall–Kier alpha value is -1.55. The smallest absolute Gasteiger partial charge is 0.311 e. The van der Waals surface area contributed by atoms with Crippen LogP contribution in [0.1, 0.15) is 36.4 Å². The summed E-state index contributed by atoms with van der Waals surface area (Å²) in [6, 6.07) is 5.19. The van der Waals surface area contributed by atoms with Crippen LogP contribution in [0.4, 0.5) is 0 Å². The average molecular weight is 249 g/mol. The van der Waals surface area contributed by atoms with Gasteiger partial charge >= 0.3 is 5.97 Å². The normalized spacial score (nSPS) is 18.8. The van der Waals surface area contributed by atoms with Crippen LogP contribution in [0.2, 0.25) is 0 Å². The molecule has 4 nitrogen and oxygen atoms in total. The lowest BCUT2D eigenvalue weighted by Gasteiger charge is -2.42. The molecule has 1 fully saturated rings. The van der Waals surface area contributed by atoms with Gasteiger partial charge in [-0.3, -0.25) is 4.79 Å². The summed E-state index contributed by atoms with van der Waals surface area (Å²) in [5.74, 6) is -0.134. The fraction of sp³-hybridized carbons (Fsp3) is 0.500. The average Bonchev–Trinajstić information content (AvgIpc) is 2.26. The third kappa shape index (κ3) is 1.86. The van der Waals surface area contributed by atoms with Gasteiger partial charge in [0.05, 0.1) is 12.5 Å². The predicted molar refractivity (Wildman–Crippen MR) is 68.6 cm³/mol. The number of carbonyl (C=O) groups is 1. The van der Waals surface area contributed by atoms with Crippen LogP contribution in [-0.4, -0.2) is 18.2 Å². The van der Waals surface area contributed by atoms with Crippen LogP contribution >= 0.6 is 0 Å². The van der Waals surface area contributed by atoms with Gasteiger partial charge in [-0.05, 0) is 25.8 Å². The third-order valence-electron chi connectivity index (χ3n) is 3.99. The van der Waals surface area contributed by atoms with Crippen molar-refractivity contribution >= 4 is 5.97 Å². The molecule has 3 N–H and O–H groups in total. The summed E-state index contributed by atoms with van der Waals surface area (Å²) in [4.78, 5) is 11.5. The van der Waals surface area contributed by atoms with E-state index in [-0.39, 0.29) is 0 Å². The third-order valence-corrected chi connectivity index (χ3v) is 3.99. The van der Waals surface area contributed by atoms with Gasteiger partial charge in [0.15, 0.2) is 0 Å². The second kappa shape index (κ2) is 4.61. The summed E-state index contributed by atoms with van der Waals surface area (Å²) in [7, 11) is 1.58. The number of nitrogens with two attached hydrogens (primary N) is 1. The van der Waals surface area contributed by atoms with Crippen LogP contribution in [0.15, 0.2) is 18.2 Å². The Balaban J connectivity index is 2.41. The molecule has 0 amide bonds. The van der Waals surface area contributed by atoms with Crippen molar-refractivity contribution in [3.05, 3.63) is 29.3 Å². The minimum atomic E-state index is -0.818. The van der Waals surface area contributed by atoms with Gasteiger partial charge in [-0.15, -0.1) is 0 Å². The monoisotopic (exact) mass is 249 g/mol. The molecule has 1 saturated carbocycles. The molecule has 2 rings (SSSR count).